The van der Waals surface area contributed by atoms with Crippen molar-refractivity contribution in [3.8, 4) is 0 Å². The smallest absolute Gasteiger partial charge is 0.246 e. The highest BCUT2D eigenvalue weighted by molar-refractivity contribution is 5.87. The minimum Gasteiger partial charge on any atom is -0.375 e. The molecule has 5 nitrogen and oxygen atoms in total. The molecule has 0 heterocycles. The monoisotopic (exact) mass is 188 g/mol. The van der Waals surface area contributed by atoms with E-state index in [0.29, 0.717) is 0 Å². The van der Waals surface area contributed by atoms with Crippen LogP contribution in [0.15, 0.2) is 0 Å². The Bertz CT molecular complexity index is 192. The van der Waals surface area contributed by atoms with E-state index in [-0.39, 0.29) is 18.4 Å². The zero-order chi connectivity index (χ0) is 10.4. The molecule has 0 aromatic rings. The first-order chi connectivity index (χ1) is 5.99. The van der Waals surface area contributed by atoms with Crippen LogP contribution in [0.4, 0.5) is 0 Å². The summed E-state index contributed by atoms with van der Waals surface area (Å²) in [6, 6.07) is -0.623. The highest BCUT2D eigenvalue weighted by Gasteiger charge is 2.20. The quantitative estimate of drug-likeness (QED) is 0.596. The molecule has 3 N–H and O–H groups in total. The van der Waals surface area contributed by atoms with Gasteiger partial charge >= 0.3 is 0 Å². The minimum absolute atomic E-state index is 0.0155. The molecule has 0 unspecified atom stereocenters. The van der Waals surface area contributed by atoms with Crippen LogP contribution >= 0.6 is 0 Å². The number of nitrogens with one attached hydrogen (secondary N) is 1. The lowest BCUT2D eigenvalue weighted by Crippen LogP contribution is -2.48. The number of hydrogen-bond donors (Lipinski definition) is 2. The molecule has 0 saturated heterocycles. The van der Waals surface area contributed by atoms with E-state index in [1.54, 1.807) is 0 Å². The van der Waals surface area contributed by atoms with Gasteiger partial charge in [-0.15, -0.1) is 0 Å². The fraction of sp³-hybridized carbons (Fsp3) is 0.750. The first-order valence-electron chi connectivity index (χ1n) is 4.06. The fourth-order valence-corrected chi connectivity index (χ4v) is 0.913. The molecule has 0 radical (unpaired) electrons. The summed E-state index contributed by atoms with van der Waals surface area (Å²) in [6.45, 7) is 3.56. The van der Waals surface area contributed by atoms with Crippen molar-refractivity contribution >= 4 is 11.8 Å². The molecule has 2 amide bonds. The molecule has 0 aromatic heterocycles. The van der Waals surface area contributed by atoms with Crippen LogP contribution in [0.25, 0.3) is 0 Å². The van der Waals surface area contributed by atoms with Crippen LogP contribution in [0.3, 0.4) is 0 Å². The first kappa shape index (κ1) is 11.9. The van der Waals surface area contributed by atoms with Crippen LogP contribution in [0.1, 0.15) is 13.8 Å². The predicted octanol–water partition coefficient (Wildman–Crippen LogP) is -0.741. The van der Waals surface area contributed by atoms with Crippen molar-refractivity contribution in [3.05, 3.63) is 0 Å². The van der Waals surface area contributed by atoms with Gasteiger partial charge in [0.25, 0.3) is 0 Å². The first-order valence-corrected chi connectivity index (χ1v) is 4.06. The van der Waals surface area contributed by atoms with Crippen LogP contribution < -0.4 is 11.1 Å². The lowest BCUT2D eigenvalue weighted by Gasteiger charge is -2.18. The Hall–Kier alpha value is -1.10. The molecule has 13 heavy (non-hydrogen) atoms. The summed E-state index contributed by atoms with van der Waals surface area (Å²) in [5, 5.41) is 2.48. The lowest BCUT2D eigenvalue weighted by molar-refractivity contribution is -0.130. The van der Waals surface area contributed by atoms with E-state index in [1.807, 2.05) is 13.8 Å². The second-order valence-electron chi connectivity index (χ2n) is 3.12. The third-order valence-electron chi connectivity index (χ3n) is 1.57. The number of methoxy groups -OCH3 is 1. The number of nitrogens with two attached hydrogens (primary N) is 1. The minimum atomic E-state index is -0.623. The zero-order valence-corrected chi connectivity index (χ0v) is 8.16. The topological polar surface area (TPSA) is 81.4 Å². The summed E-state index contributed by atoms with van der Waals surface area (Å²) >= 11 is 0. The number of hydrogen-bond acceptors (Lipinski definition) is 3. The number of ether oxygens (including phenoxy) is 1. The maximum atomic E-state index is 11.0. The normalized spacial score (nSPS) is 12.6. The Morgan fingerprint density at radius 1 is 1.46 bits per heavy atom. The summed E-state index contributed by atoms with van der Waals surface area (Å²) in [4.78, 5) is 21.9. The van der Waals surface area contributed by atoms with Gasteiger partial charge in [-0.3, -0.25) is 9.59 Å². The summed E-state index contributed by atoms with van der Waals surface area (Å²) in [7, 11) is 1.41. The van der Waals surface area contributed by atoms with Crippen LogP contribution in [-0.2, 0) is 14.3 Å². The molecule has 0 bridgehead atoms. The molecule has 0 aliphatic carbocycles. The highest BCUT2D eigenvalue weighted by Crippen LogP contribution is 2.00. The summed E-state index contributed by atoms with van der Waals surface area (Å²) in [6.07, 6.45) is 0. The van der Waals surface area contributed by atoms with Crippen molar-refractivity contribution < 1.29 is 14.3 Å². The Labute approximate surface area is 77.6 Å². The van der Waals surface area contributed by atoms with E-state index < -0.39 is 11.9 Å². The molecule has 76 valence electrons. The fourth-order valence-electron chi connectivity index (χ4n) is 0.913. The van der Waals surface area contributed by atoms with Crippen molar-refractivity contribution in [2.24, 2.45) is 11.7 Å². The second kappa shape index (κ2) is 5.53. The predicted molar refractivity (Wildman–Crippen MR) is 47.8 cm³/mol. The summed E-state index contributed by atoms with van der Waals surface area (Å²) in [5.41, 5.74) is 5.09. The van der Waals surface area contributed by atoms with E-state index in [2.05, 4.69) is 10.1 Å². The molecule has 0 rings (SSSR count). The van der Waals surface area contributed by atoms with Crippen molar-refractivity contribution in [2.45, 2.75) is 19.9 Å². The Morgan fingerprint density at radius 2 is 2.00 bits per heavy atom. The zero-order valence-electron chi connectivity index (χ0n) is 8.16. The second-order valence-corrected chi connectivity index (χ2v) is 3.12. The molecule has 0 fully saturated rings. The van der Waals surface area contributed by atoms with Crippen molar-refractivity contribution in [2.75, 3.05) is 13.7 Å². The molecule has 5 heteroatoms. The molecule has 0 aliphatic rings. The van der Waals surface area contributed by atoms with Crippen molar-refractivity contribution in [1.82, 2.24) is 5.32 Å². The highest BCUT2D eigenvalue weighted by atomic mass is 16.5. The van der Waals surface area contributed by atoms with Crippen LogP contribution in [0.5, 0.6) is 0 Å². The average molecular weight is 188 g/mol. The SMILES string of the molecule is COCC(=O)N[C@H](C(N)=O)C(C)C. The van der Waals surface area contributed by atoms with Crippen LogP contribution in [0.2, 0.25) is 0 Å². The van der Waals surface area contributed by atoms with E-state index in [9.17, 15) is 9.59 Å². The number of primary amides is 1. The van der Waals surface area contributed by atoms with Gasteiger partial charge in [0.05, 0.1) is 0 Å². The molecular formula is C8H16N2O3. The largest absolute Gasteiger partial charge is 0.375 e. The third kappa shape index (κ3) is 4.47. The van der Waals surface area contributed by atoms with Gasteiger partial charge in [-0.25, -0.2) is 0 Å². The molecule has 0 aromatic carbocycles. The number of amides is 2. The van der Waals surface area contributed by atoms with Crippen LogP contribution in [-0.4, -0.2) is 31.6 Å². The summed E-state index contributed by atoms with van der Waals surface area (Å²) in [5.74, 6) is -0.877. The third-order valence-corrected chi connectivity index (χ3v) is 1.57. The Balaban J connectivity index is 4.10. The van der Waals surface area contributed by atoms with Gasteiger partial charge in [-0.2, -0.15) is 0 Å². The summed E-state index contributed by atoms with van der Waals surface area (Å²) < 4.78 is 4.60. The van der Waals surface area contributed by atoms with Crippen molar-refractivity contribution in [1.29, 1.82) is 0 Å². The Morgan fingerprint density at radius 3 is 2.31 bits per heavy atom. The number of carbonyl (C=O) groups excluding carboxylic acids is 2. The van der Waals surface area contributed by atoms with Gasteiger partial charge in [0.1, 0.15) is 12.6 Å². The average Bonchev–Trinajstić information content (AvgIpc) is 1.99. The van der Waals surface area contributed by atoms with Gasteiger partial charge in [0.2, 0.25) is 11.8 Å². The van der Waals surface area contributed by atoms with Crippen LogP contribution in [0, 0.1) is 5.92 Å². The van der Waals surface area contributed by atoms with Gasteiger partial charge < -0.3 is 15.8 Å². The standard InChI is InChI=1S/C8H16N2O3/c1-5(2)7(8(9)12)10-6(11)4-13-3/h5,7H,4H2,1-3H3,(H2,9,12)(H,10,11)/t7-/m0/s1. The molecule has 0 aliphatic heterocycles. The molecule has 1 atom stereocenters. The van der Waals surface area contributed by atoms with Gasteiger partial charge in [-0.1, -0.05) is 13.8 Å². The molecule has 0 saturated carbocycles. The van der Waals surface area contributed by atoms with E-state index in [4.69, 9.17) is 5.73 Å². The van der Waals surface area contributed by atoms with Gasteiger partial charge in [0.15, 0.2) is 0 Å². The maximum absolute atomic E-state index is 11.0. The van der Waals surface area contributed by atoms with E-state index >= 15 is 0 Å². The van der Waals surface area contributed by atoms with E-state index in [0.717, 1.165) is 0 Å². The number of carbonyl (C=O) groups is 2. The number of rotatable bonds is 5. The molecule has 0 spiro atoms. The maximum Gasteiger partial charge on any atom is 0.246 e. The van der Waals surface area contributed by atoms with Crippen molar-refractivity contribution in [3.63, 3.8) is 0 Å². The lowest BCUT2D eigenvalue weighted by atomic mass is 10.0. The molecular weight excluding hydrogens is 172 g/mol. The van der Waals surface area contributed by atoms with E-state index in [1.165, 1.54) is 7.11 Å². The Kier molecular flexibility index (Phi) is 5.06. The van der Waals surface area contributed by atoms with Gasteiger partial charge in [-0.05, 0) is 5.92 Å². The van der Waals surface area contributed by atoms with Gasteiger partial charge in [0, 0.05) is 7.11 Å².